The molecule has 0 saturated carbocycles. The van der Waals surface area contributed by atoms with Gasteiger partial charge in [0, 0.05) is 37.5 Å². The lowest BCUT2D eigenvalue weighted by Crippen LogP contribution is -2.44. The molecular formula is C19H24ClN3O3. The summed E-state index contributed by atoms with van der Waals surface area (Å²) < 4.78 is 11.7. The molecule has 1 aliphatic rings. The van der Waals surface area contributed by atoms with Gasteiger partial charge in [0.15, 0.2) is 0 Å². The first-order valence-electron chi connectivity index (χ1n) is 8.79. The maximum absolute atomic E-state index is 12.2. The minimum absolute atomic E-state index is 0.0201. The van der Waals surface area contributed by atoms with Crippen LogP contribution in [0.1, 0.15) is 39.2 Å². The monoisotopic (exact) mass is 377 g/mol. The lowest BCUT2D eigenvalue weighted by Gasteiger charge is -2.33. The third-order valence-corrected chi connectivity index (χ3v) is 4.43. The lowest BCUT2D eigenvalue weighted by molar-refractivity contribution is 0.0127. The first-order chi connectivity index (χ1) is 12.2. The van der Waals surface area contributed by atoms with Crippen molar-refractivity contribution in [3.05, 3.63) is 29.2 Å². The summed E-state index contributed by atoms with van der Waals surface area (Å²) in [5, 5.41) is 1.09. The van der Waals surface area contributed by atoms with Crippen molar-refractivity contribution in [3.8, 4) is 5.75 Å². The van der Waals surface area contributed by atoms with E-state index < -0.39 is 5.60 Å². The summed E-state index contributed by atoms with van der Waals surface area (Å²) in [6.07, 6.45) is 2.94. The molecule has 1 aliphatic heterocycles. The number of fused-ring (bicyclic) bond motifs is 1. The van der Waals surface area contributed by atoms with Crippen molar-refractivity contribution in [2.24, 2.45) is 0 Å². The molecule has 7 heteroatoms. The highest BCUT2D eigenvalue weighted by Crippen LogP contribution is 2.31. The minimum atomic E-state index is -0.483. The SMILES string of the molecule is Cc1ccc2cnc(Cl)nc2c1OC1CCN(C(=O)OC(C)(C)C)CC1. The number of amides is 1. The predicted molar refractivity (Wildman–Crippen MR) is 101 cm³/mol. The van der Waals surface area contributed by atoms with Gasteiger partial charge in [-0.15, -0.1) is 0 Å². The van der Waals surface area contributed by atoms with E-state index in [9.17, 15) is 4.79 Å². The minimum Gasteiger partial charge on any atom is -0.488 e. The van der Waals surface area contributed by atoms with Crippen LogP contribution in [0.5, 0.6) is 5.75 Å². The number of halogens is 1. The Morgan fingerprint density at radius 2 is 1.96 bits per heavy atom. The Labute approximate surface area is 158 Å². The number of benzene rings is 1. The summed E-state index contributed by atoms with van der Waals surface area (Å²) in [6.45, 7) is 8.82. The Balaban J connectivity index is 1.69. The average molecular weight is 378 g/mol. The van der Waals surface area contributed by atoms with Crippen molar-refractivity contribution in [2.45, 2.75) is 52.2 Å². The van der Waals surface area contributed by atoms with E-state index in [0.29, 0.717) is 13.1 Å². The van der Waals surface area contributed by atoms with Crippen molar-refractivity contribution in [1.29, 1.82) is 0 Å². The Bertz CT molecular complexity index is 806. The van der Waals surface area contributed by atoms with E-state index in [-0.39, 0.29) is 17.5 Å². The molecule has 3 rings (SSSR count). The molecule has 1 amide bonds. The van der Waals surface area contributed by atoms with E-state index >= 15 is 0 Å². The molecule has 0 unspecified atom stereocenters. The van der Waals surface area contributed by atoms with Gasteiger partial charge in [0.2, 0.25) is 5.28 Å². The molecule has 1 aromatic heterocycles. The van der Waals surface area contributed by atoms with E-state index in [1.54, 1.807) is 11.1 Å². The van der Waals surface area contributed by atoms with E-state index in [1.807, 2.05) is 39.8 Å². The van der Waals surface area contributed by atoms with Crippen LogP contribution in [-0.2, 0) is 4.74 Å². The van der Waals surface area contributed by atoms with Crippen LogP contribution in [0.4, 0.5) is 4.79 Å². The fourth-order valence-electron chi connectivity index (χ4n) is 2.95. The fraction of sp³-hybridized carbons (Fsp3) is 0.526. The summed E-state index contributed by atoms with van der Waals surface area (Å²) in [5.41, 5.74) is 1.24. The zero-order chi connectivity index (χ0) is 18.9. The maximum Gasteiger partial charge on any atom is 0.410 e. The van der Waals surface area contributed by atoms with Gasteiger partial charge in [-0.05, 0) is 44.9 Å². The molecule has 2 heterocycles. The molecule has 1 aromatic carbocycles. The summed E-state index contributed by atoms with van der Waals surface area (Å²) >= 11 is 5.96. The van der Waals surface area contributed by atoms with Crippen molar-refractivity contribution in [1.82, 2.24) is 14.9 Å². The summed E-state index contributed by atoms with van der Waals surface area (Å²) in [7, 11) is 0. The summed E-state index contributed by atoms with van der Waals surface area (Å²) in [4.78, 5) is 22.3. The maximum atomic E-state index is 12.2. The Kier molecular flexibility index (Phi) is 5.23. The van der Waals surface area contributed by atoms with Crippen LogP contribution < -0.4 is 4.74 Å². The number of hydrogen-bond acceptors (Lipinski definition) is 5. The Hall–Kier alpha value is -2.08. The van der Waals surface area contributed by atoms with Crippen molar-refractivity contribution in [3.63, 3.8) is 0 Å². The number of piperidine rings is 1. The zero-order valence-corrected chi connectivity index (χ0v) is 16.3. The molecule has 6 nitrogen and oxygen atoms in total. The lowest BCUT2D eigenvalue weighted by atomic mass is 10.1. The van der Waals surface area contributed by atoms with Gasteiger partial charge >= 0.3 is 6.09 Å². The van der Waals surface area contributed by atoms with Gasteiger partial charge < -0.3 is 14.4 Å². The number of nitrogens with zero attached hydrogens (tertiary/aromatic N) is 3. The Morgan fingerprint density at radius 3 is 2.62 bits per heavy atom. The second-order valence-electron chi connectivity index (χ2n) is 7.57. The number of aromatic nitrogens is 2. The van der Waals surface area contributed by atoms with Gasteiger partial charge in [-0.3, -0.25) is 0 Å². The third kappa shape index (κ3) is 4.36. The van der Waals surface area contributed by atoms with Crippen LogP contribution in [0.15, 0.2) is 18.3 Å². The van der Waals surface area contributed by atoms with Crippen molar-refractivity contribution in [2.75, 3.05) is 13.1 Å². The quantitative estimate of drug-likeness (QED) is 0.727. The molecule has 0 atom stereocenters. The second-order valence-corrected chi connectivity index (χ2v) is 7.91. The van der Waals surface area contributed by atoms with Crippen LogP contribution in [0, 0.1) is 6.92 Å². The van der Waals surface area contributed by atoms with Gasteiger partial charge in [-0.25, -0.2) is 14.8 Å². The third-order valence-electron chi connectivity index (χ3n) is 4.25. The summed E-state index contributed by atoms with van der Waals surface area (Å²) in [5.74, 6) is 0.738. The van der Waals surface area contributed by atoms with Gasteiger partial charge in [0.1, 0.15) is 23.0 Å². The number of hydrogen-bond donors (Lipinski definition) is 0. The number of ether oxygens (including phenoxy) is 2. The van der Waals surface area contributed by atoms with E-state index in [1.165, 1.54) is 0 Å². The smallest absolute Gasteiger partial charge is 0.410 e. The van der Waals surface area contributed by atoms with Crippen LogP contribution in [-0.4, -0.2) is 45.8 Å². The van der Waals surface area contributed by atoms with Gasteiger partial charge in [0.05, 0.1) is 0 Å². The van der Waals surface area contributed by atoms with Crippen LogP contribution in [0.3, 0.4) is 0 Å². The van der Waals surface area contributed by atoms with E-state index in [4.69, 9.17) is 21.1 Å². The highest BCUT2D eigenvalue weighted by Gasteiger charge is 2.28. The first-order valence-corrected chi connectivity index (χ1v) is 9.17. The Morgan fingerprint density at radius 1 is 1.27 bits per heavy atom. The zero-order valence-electron chi connectivity index (χ0n) is 15.6. The second kappa shape index (κ2) is 7.27. The first kappa shape index (κ1) is 18.7. The molecule has 0 N–H and O–H groups in total. The standard InChI is InChI=1S/C19H24ClN3O3/c1-12-5-6-13-11-21-17(20)22-15(13)16(12)25-14-7-9-23(10-8-14)18(24)26-19(2,3)4/h5-6,11,14H,7-10H2,1-4H3. The van der Waals surface area contributed by atoms with Gasteiger partial charge in [-0.2, -0.15) is 0 Å². The van der Waals surface area contributed by atoms with Gasteiger partial charge in [-0.1, -0.05) is 12.1 Å². The molecule has 26 heavy (non-hydrogen) atoms. The number of likely N-dealkylation sites (tertiary alicyclic amines) is 1. The molecule has 1 saturated heterocycles. The van der Waals surface area contributed by atoms with Gasteiger partial charge in [0.25, 0.3) is 0 Å². The number of rotatable bonds is 2. The number of carbonyl (C=O) groups excluding carboxylic acids is 1. The predicted octanol–water partition coefficient (Wildman–Crippen LogP) is 4.37. The highest BCUT2D eigenvalue weighted by molar-refractivity contribution is 6.28. The van der Waals surface area contributed by atoms with Crippen LogP contribution in [0.25, 0.3) is 10.9 Å². The molecule has 140 valence electrons. The summed E-state index contributed by atoms with van der Waals surface area (Å²) in [6, 6.07) is 3.95. The van der Waals surface area contributed by atoms with Crippen LogP contribution in [0.2, 0.25) is 5.28 Å². The average Bonchev–Trinajstić information content (AvgIpc) is 2.56. The van der Waals surface area contributed by atoms with Crippen LogP contribution >= 0.6 is 11.6 Å². The topological polar surface area (TPSA) is 64.6 Å². The number of aryl methyl sites for hydroxylation is 1. The highest BCUT2D eigenvalue weighted by atomic mass is 35.5. The molecule has 0 aliphatic carbocycles. The van der Waals surface area contributed by atoms with Crippen molar-refractivity contribution < 1.29 is 14.3 Å². The normalized spacial score (nSPS) is 16.0. The molecule has 0 spiro atoms. The van der Waals surface area contributed by atoms with Crippen molar-refractivity contribution >= 4 is 28.6 Å². The molecule has 1 fully saturated rings. The van der Waals surface area contributed by atoms with E-state index in [0.717, 1.165) is 35.1 Å². The molecular weight excluding hydrogens is 354 g/mol. The van der Waals surface area contributed by atoms with E-state index in [2.05, 4.69) is 9.97 Å². The molecule has 2 aromatic rings. The molecule has 0 bridgehead atoms. The number of carbonyl (C=O) groups is 1. The largest absolute Gasteiger partial charge is 0.488 e. The molecule has 0 radical (unpaired) electrons. The fourth-order valence-corrected chi connectivity index (χ4v) is 3.08.